The predicted octanol–water partition coefficient (Wildman–Crippen LogP) is 4.70. The minimum absolute atomic E-state index is 0.139. The highest BCUT2D eigenvalue weighted by Crippen LogP contribution is 2.25. The van der Waals surface area contributed by atoms with Crippen LogP contribution in [0.1, 0.15) is 62.0 Å². The third-order valence-corrected chi connectivity index (χ3v) is 4.66. The van der Waals surface area contributed by atoms with Crippen LogP contribution in [0.4, 0.5) is 0 Å². The summed E-state index contributed by atoms with van der Waals surface area (Å²) in [6, 6.07) is 9.38. The van der Waals surface area contributed by atoms with Gasteiger partial charge in [0.05, 0.1) is 10.7 Å². The largest absolute Gasteiger partial charge is 0.313 e. The van der Waals surface area contributed by atoms with Crippen LogP contribution in [0.25, 0.3) is 0 Å². The van der Waals surface area contributed by atoms with Gasteiger partial charge < -0.3 is 5.32 Å². The Morgan fingerprint density at radius 3 is 2.33 bits per heavy atom. The standard InChI is InChI=1S/C18H26N2S/c1-6-15(19-5)14-9-7-13(8-10-14)11-17-20-16(12-21-17)18(2,3)4/h7-10,12,15,19H,6,11H2,1-5H3. The number of hydrogen-bond donors (Lipinski definition) is 1. The van der Waals surface area contributed by atoms with Crippen molar-refractivity contribution in [3.8, 4) is 0 Å². The van der Waals surface area contributed by atoms with Crippen LogP contribution in [0.15, 0.2) is 29.6 Å². The zero-order valence-corrected chi connectivity index (χ0v) is 14.6. The van der Waals surface area contributed by atoms with E-state index in [0.29, 0.717) is 6.04 Å². The Labute approximate surface area is 132 Å². The van der Waals surface area contributed by atoms with Crippen molar-refractivity contribution in [2.45, 2.75) is 52.0 Å². The summed E-state index contributed by atoms with van der Waals surface area (Å²) in [5.74, 6) is 0. The van der Waals surface area contributed by atoms with Crippen LogP contribution in [-0.4, -0.2) is 12.0 Å². The predicted molar refractivity (Wildman–Crippen MR) is 92.2 cm³/mol. The molecule has 2 rings (SSSR count). The zero-order chi connectivity index (χ0) is 15.5. The van der Waals surface area contributed by atoms with Crippen molar-refractivity contribution in [2.75, 3.05) is 7.05 Å². The van der Waals surface area contributed by atoms with E-state index in [1.165, 1.54) is 21.8 Å². The fourth-order valence-electron chi connectivity index (χ4n) is 2.39. The van der Waals surface area contributed by atoms with Crippen LogP contribution in [0, 0.1) is 0 Å². The average molecular weight is 302 g/mol. The van der Waals surface area contributed by atoms with Gasteiger partial charge >= 0.3 is 0 Å². The highest BCUT2D eigenvalue weighted by atomic mass is 32.1. The number of aromatic nitrogens is 1. The van der Waals surface area contributed by atoms with Gasteiger partial charge in [-0.25, -0.2) is 4.98 Å². The summed E-state index contributed by atoms with van der Waals surface area (Å²) in [6.45, 7) is 8.84. The molecule has 1 atom stereocenters. The molecule has 0 radical (unpaired) electrons. The number of benzene rings is 1. The van der Waals surface area contributed by atoms with Crippen LogP contribution in [-0.2, 0) is 11.8 Å². The first kappa shape index (κ1) is 16.2. The summed E-state index contributed by atoms with van der Waals surface area (Å²) in [5, 5.41) is 6.74. The first-order valence-electron chi connectivity index (χ1n) is 7.65. The summed E-state index contributed by atoms with van der Waals surface area (Å²) in [4.78, 5) is 4.77. The van der Waals surface area contributed by atoms with E-state index in [2.05, 4.69) is 62.7 Å². The van der Waals surface area contributed by atoms with Crippen molar-refractivity contribution in [1.29, 1.82) is 0 Å². The molecule has 2 aromatic rings. The molecule has 1 N–H and O–H groups in total. The van der Waals surface area contributed by atoms with Gasteiger partial charge in [0.25, 0.3) is 0 Å². The molecule has 1 aromatic carbocycles. The quantitative estimate of drug-likeness (QED) is 0.866. The lowest BCUT2D eigenvalue weighted by atomic mass is 9.93. The van der Waals surface area contributed by atoms with E-state index in [4.69, 9.17) is 4.98 Å². The van der Waals surface area contributed by atoms with Crippen molar-refractivity contribution >= 4 is 11.3 Å². The molecule has 0 saturated heterocycles. The number of nitrogens with zero attached hydrogens (tertiary/aromatic N) is 1. The van der Waals surface area contributed by atoms with Crippen LogP contribution in [0.3, 0.4) is 0 Å². The zero-order valence-electron chi connectivity index (χ0n) is 13.7. The van der Waals surface area contributed by atoms with Crippen LogP contribution >= 0.6 is 11.3 Å². The summed E-state index contributed by atoms with van der Waals surface area (Å²) in [6.07, 6.45) is 2.04. The Morgan fingerprint density at radius 2 is 1.86 bits per heavy atom. The second kappa shape index (κ2) is 6.71. The molecule has 21 heavy (non-hydrogen) atoms. The van der Waals surface area contributed by atoms with Crippen LogP contribution < -0.4 is 5.32 Å². The topological polar surface area (TPSA) is 24.9 Å². The molecule has 0 aliphatic rings. The van der Waals surface area contributed by atoms with Gasteiger partial charge in [-0.15, -0.1) is 11.3 Å². The van der Waals surface area contributed by atoms with E-state index >= 15 is 0 Å². The minimum atomic E-state index is 0.139. The normalized spacial score (nSPS) is 13.4. The summed E-state index contributed by atoms with van der Waals surface area (Å²) in [7, 11) is 2.02. The summed E-state index contributed by atoms with van der Waals surface area (Å²) >= 11 is 1.77. The van der Waals surface area contributed by atoms with Gasteiger partial charge in [-0.05, 0) is 24.6 Å². The van der Waals surface area contributed by atoms with E-state index in [9.17, 15) is 0 Å². The number of nitrogens with one attached hydrogen (secondary N) is 1. The number of rotatable bonds is 5. The Morgan fingerprint density at radius 1 is 1.19 bits per heavy atom. The van der Waals surface area contributed by atoms with Crippen molar-refractivity contribution < 1.29 is 0 Å². The van der Waals surface area contributed by atoms with Gasteiger partial charge in [0.2, 0.25) is 0 Å². The van der Waals surface area contributed by atoms with Crippen molar-refractivity contribution in [3.63, 3.8) is 0 Å². The second-order valence-electron chi connectivity index (χ2n) is 6.54. The smallest absolute Gasteiger partial charge is 0.0972 e. The molecule has 3 heteroatoms. The van der Waals surface area contributed by atoms with Crippen molar-refractivity contribution in [3.05, 3.63) is 51.5 Å². The molecule has 114 valence electrons. The first-order chi connectivity index (χ1) is 9.94. The van der Waals surface area contributed by atoms with Gasteiger partial charge in [0, 0.05) is 23.3 Å². The molecular weight excluding hydrogens is 276 g/mol. The Balaban J connectivity index is 2.08. The number of thiazole rings is 1. The molecule has 0 spiro atoms. The molecule has 0 aliphatic carbocycles. The molecule has 0 fully saturated rings. The lowest BCUT2D eigenvalue weighted by Crippen LogP contribution is -2.15. The molecule has 1 unspecified atom stereocenters. The third-order valence-electron chi connectivity index (χ3n) is 3.81. The maximum atomic E-state index is 4.77. The fraction of sp³-hybridized carbons (Fsp3) is 0.500. The molecule has 0 saturated carbocycles. The average Bonchev–Trinajstić information content (AvgIpc) is 2.90. The maximum absolute atomic E-state index is 4.77. The first-order valence-corrected chi connectivity index (χ1v) is 8.53. The third kappa shape index (κ3) is 4.14. The van der Waals surface area contributed by atoms with E-state index in [-0.39, 0.29) is 5.41 Å². The summed E-state index contributed by atoms with van der Waals surface area (Å²) < 4.78 is 0. The van der Waals surface area contributed by atoms with Crippen molar-refractivity contribution in [2.24, 2.45) is 0 Å². The van der Waals surface area contributed by atoms with E-state index < -0.39 is 0 Å². The molecule has 1 aromatic heterocycles. The summed E-state index contributed by atoms with van der Waals surface area (Å²) in [5.41, 5.74) is 4.03. The van der Waals surface area contributed by atoms with Gasteiger partial charge in [0.15, 0.2) is 0 Å². The molecule has 1 heterocycles. The Bertz CT molecular complexity index is 560. The molecular formula is C18H26N2S. The van der Waals surface area contributed by atoms with Gasteiger partial charge in [-0.2, -0.15) is 0 Å². The maximum Gasteiger partial charge on any atom is 0.0972 e. The van der Waals surface area contributed by atoms with E-state index in [1.807, 2.05) is 7.05 Å². The second-order valence-corrected chi connectivity index (χ2v) is 7.49. The molecule has 2 nitrogen and oxygen atoms in total. The van der Waals surface area contributed by atoms with Crippen molar-refractivity contribution in [1.82, 2.24) is 10.3 Å². The Kier molecular flexibility index (Phi) is 5.17. The molecule has 0 bridgehead atoms. The monoisotopic (exact) mass is 302 g/mol. The number of hydrogen-bond acceptors (Lipinski definition) is 3. The minimum Gasteiger partial charge on any atom is -0.313 e. The molecule has 0 aliphatic heterocycles. The fourth-order valence-corrected chi connectivity index (χ4v) is 3.44. The SMILES string of the molecule is CCC(NC)c1ccc(Cc2nc(C(C)(C)C)cs2)cc1. The highest BCUT2D eigenvalue weighted by Gasteiger charge is 2.17. The lowest BCUT2D eigenvalue weighted by molar-refractivity contribution is 0.571. The molecule has 0 amide bonds. The van der Waals surface area contributed by atoms with Crippen LogP contribution in [0.5, 0.6) is 0 Å². The highest BCUT2D eigenvalue weighted by molar-refractivity contribution is 7.09. The van der Waals surface area contributed by atoms with E-state index in [1.54, 1.807) is 11.3 Å². The van der Waals surface area contributed by atoms with Crippen LogP contribution in [0.2, 0.25) is 0 Å². The van der Waals surface area contributed by atoms with Gasteiger partial charge in [-0.3, -0.25) is 0 Å². The Hall–Kier alpha value is -1.19. The van der Waals surface area contributed by atoms with Gasteiger partial charge in [0.1, 0.15) is 0 Å². The van der Waals surface area contributed by atoms with E-state index in [0.717, 1.165) is 12.8 Å². The van der Waals surface area contributed by atoms with Gasteiger partial charge in [-0.1, -0.05) is 52.0 Å². The lowest BCUT2D eigenvalue weighted by Gasteiger charge is -2.15.